The Morgan fingerprint density at radius 3 is 2.71 bits per heavy atom. The Balaban J connectivity index is 1.44. The van der Waals surface area contributed by atoms with E-state index in [2.05, 4.69) is 10.3 Å². The van der Waals surface area contributed by atoms with Crippen molar-refractivity contribution in [3.05, 3.63) is 79.9 Å². The van der Waals surface area contributed by atoms with E-state index < -0.39 is 5.97 Å². The molecule has 35 heavy (non-hydrogen) atoms. The molecule has 1 N–H and O–H groups in total. The van der Waals surface area contributed by atoms with Crippen LogP contribution in [0, 0.1) is 0 Å². The number of benzene rings is 2. The summed E-state index contributed by atoms with van der Waals surface area (Å²) in [4.78, 5) is 44.4. The van der Waals surface area contributed by atoms with Gasteiger partial charge in [-0.1, -0.05) is 35.5 Å². The van der Waals surface area contributed by atoms with Crippen molar-refractivity contribution in [2.75, 3.05) is 18.2 Å². The van der Waals surface area contributed by atoms with Crippen LogP contribution in [0.15, 0.2) is 58.5 Å². The van der Waals surface area contributed by atoms with E-state index in [-0.39, 0.29) is 17.2 Å². The molecule has 2 aromatic heterocycles. The number of aromatic nitrogens is 2. The van der Waals surface area contributed by atoms with Crippen molar-refractivity contribution in [3.63, 3.8) is 0 Å². The van der Waals surface area contributed by atoms with Crippen molar-refractivity contribution in [2.24, 2.45) is 0 Å². The van der Waals surface area contributed by atoms with Crippen molar-refractivity contribution in [2.45, 2.75) is 24.4 Å². The van der Waals surface area contributed by atoms with Crippen molar-refractivity contribution >= 4 is 62.5 Å². The highest BCUT2D eigenvalue weighted by Gasteiger charge is 2.28. The van der Waals surface area contributed by atoms with Gasteiger partial charge in [-0.2, -0.15) is 0 Å². The average molecular weight is 526 g/mol. The van der Waals surface area contributed by atoms with Crippen LogP contribution >= 0.6 is 34.7 Å². The molecule has 0 saturated carbocycles. The molecule has 2 heterocycles. The van der Waals surface area contributed by atoms with Crippen LogP contribution in [0.1, 0.15) is 27.2 Å². The van der Waals surface area contributed by atoms with Gasteiger partial charge < -0.3 is 10.1 Å². The number of fused-ring (bicyclic) bond motifs is 2. The molecule has 4 aromatic rings. The Hall–Kier alpha value is -3.14. The number of hydrogen-bond acceptors (Lipinski definition) is 7. The second-order valence-corrected chi connectivity index (χ2v) is 10.4. The SMILES string of the molecule is COC(=O)c1c(NC(=O)CSc2nc3ccccc3c(=O)n2-c2ccc(Cl)cc2)sc2c1CCC2. The number of ether oxygens (including phenoxy) is 1. The van der Waals surface area contributed by atoms with Crippen LogP contribution in [0.4, 0.5) is 5.00 Å². The number of carbonyl (C=O) groups excluding carboxylic acids is 2. The minimum absolute atomic E-state index is 0.00154. The number of thioether (sulfide) groups is 1. The lowest BCUT2D eigenvalue weighted by atomic mass is 10.1. The topological polar surface area (TPSA) is 90.3 Å². The number of aryl methyl sites for hydroxylation is 1. The summed E-state index contributed by atoms with van der Waals surface area (Å²) < 4.78 is 6.43. The number of carbonyl (C=O) groups is 2. The number of nitrogens with zero attached hydrogens (tertiary/aromatic N) is 2. The molecule has 1 amide bonds. The van der Waals surface area contributed by atoms with Gasteiger partial charge in [0.05, 0.1) is 35.0 Å². The third-order valence-corrected chi connectivity index (χ3v) is 8.12. The van der Waals surface area contributed by atoms with Crippen LogP contribution in [0.3, 0.4) is 0 Å². The molecule has 0 unspecified atom stereocenters. The van der Waals surface area contributed by atoms with Crippen LogP contribution in [0.5, 0.6) is 0 Å². The van der Waals surface area contributed by atoms with E-state index in [1.807, 2.05) is 6.07 Å². The monoisotopic (exact) mass is 525 g/mol. The molecular formula is C25H20ClN3O4S2. The van der Waals surface area contributed by atoms with Crippen LogP contribution in [-0.2, 0) is 22.4 Å². The predicted molar refractivity (Wildman–Crippen MR) is 139 cm³/mol. The average Bonchev–Trinajstić information content (AvgIpc) is 3.44. The van der Waals surface area contributed by atoms with E-state index in [1.165, 1.54) is 23.0 Å². The summed E-state index contributed by atoms with van der Waals surface area (Å²) in [5, 5.41) is 4.79. The molecule has 2 aromatic carbocycles. The van der Waals surface area contributed by atoms with Gasteiger partial charge in [0.2, 0.25) is 5.91 Å². The Morgan fingerprint density at radius 1 is 1.17 bits per heavy atom. The maximum absolute atomic E-state index is 13.3. The Kier molecular flexibility index (Phi) is 6.64. The number of anilines is 1. The Labute approximate surface area is 214 Å². The van der Waals surface area contributed by atoms with Gasteiger partial charge in [-0.25, -0.2) is 9.78 Å². The highest BCUT2D eigenvalue weighted by molar-refractivity contribution is 7.99. The molecule has 0 radical (unpaired) electrons. The number of amides is 1. The maximum Gasteiger partial charge on any atom is 0.341 e. The fourth-order valence-electron chi connectivity index (χ4n) is 4.13. The number of methoxy groups -OCH3 is 1. The third kappa shape index (κ3) is 4.59. The van der Waals surface area contributed by atoms with Crippen molar-refractivity contribution in [3.8, 4) is 5.69 Å². The number of nitrogens with one attached hydrogen (secondary N) is 1. The molecule has 0 bridgehead atoms. The highest BCUT2D eigenvalue weighted by Crippen LogP contribution is 2.39. The van der Waals surface area contributed by atoms with Gasteiger partial charge in [0.1, 0.15) is 5.00 Å². The summed E-state index contributed by atoms with van der Waals surface area (Å²) in [5.74, 6) is -0.744. The number of esters is 1. The van der Waals surface area contributed by atoms with Crippen LogP contribution in [0.2, 0.25) is 5.02 Å². The first-order valence-corrected chi connectivity index (χ1v) is 13.1. The molecule has 10 heteroatoms. The fraction of sp³-hybridized carbons (Fsp3) is 0.200. The lowest BCUT2D eigenvalue weighted by Gasteiger charge is -2.13. The van der Waals surface area contributed by atoms with Gasteiger partial charge in [-0.05, 0) is 61.2 Å². The van der Waals surface area contributed by atoms with Gasteiger partial charge in [0, 0.05) is 9.90 Å². The number of halogens is 1. The van der Waals surface area contributed by atoms with Crippen molar-refractivity contribution in [1.29, 1.82) is 0 Å². The van der Waals surface area contributed by atoms with Gasteiger partial charge in [-0.3, -0.25) is 14.2 Å². The smallest absolute Gasteiger partial charge is 0.341 e. The van der Waals surface area contributed by atoms with E-state index in [4.69, 9.17) is 16.3 Å². The van der Waals surface area contributed by atoms with Gasteiger partial charge >= 0.3 is 5.97 Å². The highest BCUT2D eigenvalue weighted by atomic mass is 35.5. The quantitative estimate of drug-likeness (QED) is 0.214. The molecule has 0 saturated heterocycles. The van der Waals surface area contributed by atoms with Crippen molar-refractivity contribution in [1.82, 2.24) is 9.55 Å². The standard InChI is InChI=1S/C25H20ClN3O4S2/c1-33-24(32)21-17-6-4-8-19(17)35-22(21)28-20(30)13-34-25-27-18-7-3-2-5-16(18)23(31)29(25)15-11-9-14(26)10-12-15/h2-3,5,7,9-12H,4,6,8,13H2,1H3,(H,28,30). The molecule has 1 aliphatic rings. The molecule has 0 spiro atoms. The number of thiophene rings is 1. The third-order valence-electron chi connectivity index (χ3n) is 5.73. The molecule has 7 nitrogen and oxygen atoms in total. The molecule has 0 atom stereocenters. The molecule has 0 aliphatic heterocycles. The van der Waals surface area contributed by atoms with E-state index >= 15 is 0 Å². The number of hydrogen-bond donors (Lipinski definition) is 1. The number of rotatable bonds is 6. The van der Waals surface area contributed by atoms with E-state index in [1.54, 1.807) is 42.5 Å². The molecule has 5 rings (SSSR count). The largest absolute Gasteiger partial charge is 0.465 e. The fourth-order valence-corrected chi connectivity index (χ4v) is 6.36. The summed E-state index contributed by atoms with van der Waals surface area (Å²) in [5.41, 5.74) is 2.34. The van der Waals surface area contributed by atoms with E-state index in [0.29, 0.717) is 37.3 Å². The predicted octanol–water partition coefficient (Wildman–Crippen LogP) is 5.11. The minimum atomic E-state index is -0.444. The summed E-state index contributed by atoms with van der Waals surface area (Å²) in [6, 6.07) is 14.0. The maximum atomic E-state index is 13.3. The molecule has 178 valence electrons. The van der Waals surface area contributed by atoms with Crippen LogP contribution in [-0.4, -0.2) is 34.3 Å². The van der Waals surface area contributed by atoms with Gasteiger partial charge in [0.15, 0.2) is 5.16 Å². The minimum Gasteiger partial charge on any atom is -0.465 e. The summed E-state index contributed by atoms with van der Waals surface area (Å²) >= 11 is 8.60. The second kappa shape index (κ2) is 9.85. The number of para-hydroxylation sites is 1. The normalized spacial score (nSPS) is 12.5. The first-order chi connectivity index (χ1) is 17.0. The molecular weight excluding hydrogens is 506 g/mol. The second-order valence-electron chi connectivity index (χ2n) is 7.92. The lowest BCUT2D eigenvalue weighted by molar-refractivity contribution is -0.113. The Morgan fingerprint density at radius 2 is 1.94 bits per heavy atom. The summed E-state index contributed by atoms with van der Waals surface area (Å²) in [6.45, 7) is 0. The zero-order valence-corrected chi connectivity index (χ0v) is 21.1. The summed E-state index contributed by atoms with van der Waals surface area (Å²) in [6.07, 6.45) is 2.68. The first-order valence-electron chi connectivity index (χ1n) is 10.9. The first kappa shape index (κ1) is 23.6. The van der Waals surface area contributed by atoms with Crippen LogP contribution in [0.25, 0.3) is 16.6 Å². The van der Waals surface area contributed by atoms with Crippen LogP contribution < -0.4 is 10.9 Å². The molecule has 1 aliphatic carbocycles. The lowest BCUT2D eigenvalue weighted by Crippen LogP contribution is -2.23. The Bertz CT molecular complexity index is 1510. The van der Waals surface area contributed by atoms with Gasteiger partial charge in [-0.15, -0.1) is 11.3 Å². The zero-order valence-electron chi connectivity index (χ0n) is 18.7. The zero-order chi connectivity index (χ0) is 24.5. The summed E-state index contributed by atoms with van der Waals surface area (Å²) in [7, 11) is 1.34. The molecule has 0 fully saturated rings. The van der Waals surface area contributed by atoms with E-state index in [0.717, 1.165) is 41.5 Å². The van der Waals surface area contributed by atoms with Gasteiger partial charge in [0.25, 0.3) is 5.56 Å². The van der Waals surface area contributed by atoms with E-state index in [9.17, 15) is 14.4 Å². The van der Waals surface area contributed by atoms with Crippen molar-refractivity contribution < 1.29 is 14.3 Å².